The predicted molar refractivity (Wildman–Crippen MR) is 118 cm³/mol. The van der Waals surface area contributed by atoms with Crippen LogP contribution in [-0.2, 0) is 21.9 Å². The molecule has 0 radical (unpaired) electrons. The fraction of sp³-hybridized carbons (Fsp3) is 0.476. The summed E-state index contributed by atoms with van der Waals surface area (Å²) < 4.78 is 30.6. The zero-order valence-corrected chi connectivity index (χ0v) is 18.7. The number of anilines is 1. The number of likely N-dealkylation sites (N-methyl/N-ethyl adjacent to an activating group) is 1. The lowest BCUT2D eigenvalue weighted by Gasteiger charge is -2.38. The molecule has 1 amide bonds. The molecule has 164 valence electrons. The standard InChI is InChI=1S/C21H31N5O3S/c1-4-21(27)23-17-7-9-18(10-8-17)30(28,29)22-16-20(19-6-5-11-25(19)3)26-14-12-24(2)13-15-26/h5-11,20,22H,4,12-16H2,1-3H3,(H,23,27). The van der Waals surface area contributed by atoms with Crippen molar-refractivity contribution in [3.63, 3.8) is 0 Å². The number of sulfonamides is 1. The second-order valence-electron chi connectivity index (χ2n) is 7.68. The first-order chi connectivity index (χ1) is 14.3. The summed E-state index contributed by atoms with van der Waals surface area (Å²) in [6, 6.07) is 10.2. The number of nitrogens with zero attached hydrogens (tertiary/aromatic N) is 3. The Labute approximate surface area is 178 Å². The predicted octanol–water partition coefficient (Wildman–Crippen LogP) is 1.64. The van der Waals surface area contributed by atoms with Gasteiger partial charge in [0.1, 0.15) is 0 Å². The van der Waals surface area contributed by atoms with Crippen LogP contribution >= 0.6 is 0 Å². The largest absolute Gasteiger partial charge is 0.353 e. The number of aryl methyl sites for hydroxylation is 1. The highest BCUT2D eigenvalue weighted by Gasteiger charge is 2.27. The van der Waals surface area contributed by atoms with Crippen molar-refractivity contribution in [3.8, 4) is 0 Å². The van der Waals surface area contributed by atoms with E-state index in [2.05, 4.69) is 26.9 Å². The van der Waals surface area contributed by atoms with Crippen molar-refractivity contribution in [3.05, 3.63) is 48.3 Å². The Morgan fingerprint density at radius 3 is 2.30 bits per heavy atom. The van der Waals surface area contributed by atoms with E-state index in [0.29, 0.717) is 12.1 Å². The lowest BCUT2D eigenvalue weighted by molar-refractivity contribution is -0.115. The fourth-order valence-electron chi connectivity index (χ4n) is 3.61. The van der Waals surface area contributed by atoms with E-state index < -0.39 is 10.0 Å². The van der Waals surface area contributed by atoms with Crippen molar-refractivity contribution in [1.82, 2.24) is 19.1 Å². The van der Waals surface area contributed by atoms with Crippen LogP contribution in [0.25, 0.3) is 0 Å². The molecule has 30 heavy (non-hydrogen) atoms. The van der Waals surface area contributed by atoms with Crippen molar-refractivity contribution in [1.29, 1.82) is 0 Å². The van der Waals surface area contributed by atoms with Gasteiger partial charge >= 0.3 is 0 Å². The SMILES string of the molecule is CCC(=O)Nc1ccc(S(=O)(=O)NCC(c2cccn2C)N2CCN(C)CC2)cc1. The van der Waals surface area contributed by atoms with Crippen molar-refractivity contribution in [2.75, 3.05) is 45.1 Å². The number of amides is 1. The molecule has 1 saturated heterocycles. The van der Waals surface area contributed by atoms with Crippen molar-refractivity contribution < 1.29 is 13.2 Å². The van der Waals surface area contributed by atoms with Gasteiger partial charge in [-0.05, 0) is 43.4 Å². The minimum Gasteiger partial charge on any atom is -0.353 e. The maximum absolute atomic E-state index is 12.9. The van der Waals surface area contributed by atoms with Crippen LogP contribution in [0.15, 0.2) is 47.5 Å². The summed E-state index contributed by atoms with van der Waals surface area (Å²) in [5.41, 5.74) is 1.67. The van der Waals surface area contributed by atoms with Crippen molar-refractivity contribution in [2.45, 2.75) is 24.3 Å². The van der Waals surface area contributed by atoms with Gasteiger partial charge in [0.25, 0.3) is 0 Å². The van der Waals surface area contributed by atoms with Gasteiger partial charge in [-0.2, -0.15) is 0 Å². The molecule has 0 aliphatic carbocycles. The summed E-state index contributed by atoms with van der Waals surface area (Å²) in [5, 5.41) is 2.72. The molecule has 1 atom stereocenters. The fourth-order valence-corrected chi connectivity index (χ4v) is 4.65. The Kier molecular flexibility index (Phi) is 7.30. The average molecular weight is 434 g/mol. The second kappa shape index (κ2) is 9.74. The molecule has 2 N–H and O–H groups in total. The molecule has 1 fully saturated rings. The van der Waals surface area contributed by atoms with Crippen LogP contribution in [0.2, 0.25) is 0 Å². The third-order valence-corrected chi connectivity index (χ3v) is 6.98. The molecule has 2 heterocycles. The van der Waals surface area contributed by atoms with Crippen LogP contribution in [0.1, 0.15) is 25.1 Å². The number of hydrogen-bond acceptors (Lipinski definition) is 5. The van der Waals surface area contributed by atoms with Gasteiger partial charge in [0.15, 0.2) is 0 Å². The Morgan fingerprint density at radius 1 is 1.07 bits per heavy atom. The molecular formula is C21H31N5O3S. The third-order valence-electron chi connectivity index (χ3n) is 5.54. The summed E-state index contributed by atoms with van der Waals surface area (Å²) in [4.78, 5) is 16.3. The van der Waals surface area contributed by atoms with Crippen molar-refractivity contribution in [2.24, 2.45) is 7.05 Å². The normalized spacial score (nSPS) is 17.0. The topological polar surface area (TPSA) is 86.7 Å². The highest BCUT2D eigenvalue weighted by molar-refractivity contribution is 7.89. The number of aromatic nitrogens is 1. The highest BCUT2D eigenvalue weighted by Crippen LogP contribution is 2.23. The van der Waals surface area contributed by atoms with E-state index in [1.165, 1.54) is 12.1 Å². The third kappa shape index (κ3) is 5.48. The maximum Gasteiger partial charge on any atom is 0.240 e. The molecule has 1 aliphatic rings. The van der Waals surface area contributed by atoms with E-state index in [0.717, 1.165) is 31.9 Å². The average Bonchev–Trinajstić information content (AvgIpc) is 3.15. The zero-order valence-electron chi connectivity index (χ0n) is 17.8. The van der Waals surface area contributed by atoms with E-state index in [9.17, 15) is 13.2 Å². The quantitative estimate of drug-likeness (QED) is 0.661. The van der Waals surface area contributed by atoms with Crippen LogP contribution in [0.5, 0.6) is 0 Å². The maximum atomic E-state index is 12.9. The number of rotatable bonds is 8. The molecule has 2 aromatic rings. The number of piperazine rings is 1. The number of carbonyl (C=O) groups is 1. The lowest BCUT2D eigenvalue weighted by Crippen LogP contribution is -2.48. The number of benzene rings is 1. The Balaban J connectivity index is 1.72. The number of hydrogen-bond donors (Lipinski definition) is 2. The Morgan fingerprint density at radius 2 is 1.73 bits per heavy atom. The van der Waals surface area contributed by atoms with E-state index in [4.69, 9.17) is 0 Å². The lowest BCUT2D eigenvalue weighted by atomic mass is 10.1. The number of nitrogens with one attached hydrogen (secondary N) is 2. The van der Waals surface area contributed by atoms with Crippen LogP contribution in [0, 0.1) is 0 Å². The summed E-state index contributed by atoms with van der Waals surface area (Å²) in [6.07, 6.45) is 2.35. The molecule has 0 spiro atoms. The van der Waals surface area contributed by atoms with Crippen LogP contribution in [0.3, 0.4) is 0 Å². The highest BCUT2D eigenvalue weighted by atomic mass is 32.2. The minimum atomic E-state index is -3.67. The van der Waals surface area contributed by atoms with Gasteiger partial charge in [0, 0.05) is 63.8 Å². The van der Waals surface area contributed by atoms with E-state index in [1.54, 1.807) is 19.1 Å². The summed E-state index contributed by atoms with van der Waals surface area (Å²) in [6.45, 7) is 5.75. The van der Waals surface area contributed by atoms with Crippen molar-refractivity contribution >= 4 is 21.6 Å². The van der Waals surface area contributed by atoms with Crippen LogP contribution < -0.4 is 10.0 Å². The van der Waals surface area contributed by atoms with E-state index >= 15 is 0 Å². The zero-order chi connectivity index (χ0) is 21.7. The molecule has 1 aromatic carbocycles. The van der Waals surface area contributed by atoms with E-state index in [1.807, 2.05) is 29.9 Å². The summed E-state index contributed by atoms with van der Waals surface area (Å²) in [5.74, 6) is -0.110. The molecule has 3 rings (SSSR count). The van der Waals surface area contributed by atoms with Gasteiger partial charge in [-0.1, -0.05) is 6.92 Å². The molecule has 1 aliphatic heterocycles. The van der Waals surface area contributed by atoms with E-state index in [-0.39, 0.29) is 23.4 Å². The monoisotopic (exact) mass is 433 g/mol. The minimum absolute atomic E-state index is 0.0448. The molecule has 0 bridgehead atoms. The smallest absolute Gasteiger partial charge is 0.240 e. The van der Waals surface area contributed by atoms with Crippen LogP contribution in [0.4, 0.5) is 5.69 Å². The van der Waals surface area contributed by atoms with Gasteiger partial charge in [0.05, 0.1) is 10.9 Å². The summed E-state index contributed by atoms with van der Waals surface area (Å²) in [7, 11) is 0.415. The van der Waals surface area contributed by atoms with Gasteiger partial charge in [-0.15, -0.1) is 0 Å². The molecular weight excluding hydrogens is 402 g/mol. The first kappa shape index (κ1) is 22.5. The van der Waals surface area contributed by atoms with Gasteiger partial charge < -0.3 is 14.8 Å². The molecule has 9 heteroatoms. The van der Waals surface area contributed by atoms with Gasteiger partial charge in [0.2, 0.25) is 15.9 Å². The first-order valence-electron chi connectivity index (χ1n) is 10.2. The number of carbonyl (C=O) groups excluding carboxylic acids is 1. The van der Waals surface area contributed by atoms with Gasteiger partial charge in [-0.3, -0.25) is 9.69 Å². The second-order valence-corrected chi connectivity index (χ2v) is 9.44. The molecule has 1 unspecified atom stereocenters. The molecule has 1 aromatic heterocycles. The van der Waals surface area contributed by atoms with Gasteiger partial charge in [-0.25, -0.2) is 13.1 Å². The molecule has 0 saturated carbocycles. The Bertz CT molecular complexity index is 947. The molecule has 8 nitrogen and oxygen atoms in total. The summed E-state index contributed by atoms with van der Waals surface area (Å²) >= 11 is 0. The Hall–Kier alpha value is -2.20. The van der Waals surface area contributed by atoms with Crippen LogP contribution in [-0.4, -0.2) is 68.5 Å². The first-order valence-corrected chi connectivity index (χ1v) is 11.7.